The van der Waals surface area contributed by atoms with Crippen molar-refractivity contribution in [3.05, 3.63) is 0 Å². The van der Waals surface area contributed by atoms with Gasteiger partial charge in [0.25, 0.3) is 0 Å². The third-order valence-corrected chi connectivity index (χ3v) is 0. The molecule has 0 rings (SSSR count). The zero-order valence-electron chi connectivity index (χ0n) is 2.66. The number of hydrogen-bond acceptors (Lipinski definition) is 1. The van der Waals surface area contributed by atoms with Crippen LogP contribution in [-0.4, -0.2) is 35.1 Å². The first kappa shape index (κ1) is 9.31. The Balaban J connectivity index is 0. The van der Waals surface area contributed by atoms with Gasteiger partial charge in [-0.2, -0.15) is 0 Å². The third-order valence-electron chi connectivity index (χ3n) is 0. The van der Waals surface area contributed by atoms with Crippen LogP contribution in [0.1, 0.15) is 0 Å². The second-order valence-corrected chi connectivity index (χ2v) is 0.523. The molecule has 0 aliphatic carbocycles. The van der Waals surface area contributed by atoms with Crippen LogP contribution < -0.4 is 0 Å². The number of carbonyl (C=O) groups is 1. The quantitative estimate of drug-likeness (QED) is 0.331. The molecule has 0 N–H and O–H groups in total. The molecule has 0 aromatic rings. The van der Waals surface area contributed by atoms with E-state index in [4.69, 9.17) is 4.79 Å². The maximum atomic E-state index is 10.1. The summed E-state index contributed by atoms with van der Waals surface area (Å²) in [5, 5.41) is 0. The predicted octanol–water partition coefficient (Wildman–Crippen LogP) is 0.934. The Labute approximate surface area is 55.8 Å². The molecule has 1 radical (unpaired) electrons. The molecule has 0 bridgehead atoms. The van der Waals surface area contributed by atoms with Crippen molar-refractivity contribution in [2.75, 3.05) is 0 Å². The fourth-order valence-electron chi connectivity index (χ4n) is 0. The second kappa shape index (κ2) is 4.89. The number of hydrogen-bond donors (Lipinski definition) is 0. The molecule has 25 valence electrons. The Kier molecular flexibility index (Phi) is 9.10. The summed E-state index contributed by atoms with van der Waals surface area (Å²) in [5.41, 5.74) is -1.86. The van der Waals surface area contributed by atoms with Crippen LogP contribution in [0.2, 0.25) is 0 Å². The van der Waals surface area contributed by atoms with Gasteiger partial charge in [-0.25, -0.2) is 4.79 Å². The van der Waals surface area contributed by atoms with E-state index in [0.717, 1.165) is 0 Å². The molecule has 0 aromatic carbocycles. The van der Waals surface area contributed by atoms with Crippen molar-refractivity contribution in [2.45, 2.75) is 0 Å². The van der Waals surface area contributed by atoms with Crippen LogP contribution in [0.25, 0.3) is 0 Å². The minimum atomic E-state index is -1.86. The Bertz CT molecular complexity index is 34.6. The summed E-state index contributed by atoms with van der Waals surface area (Å²) in [6.45, 7) is 0. The minimum absolute atomic E-state index is 0. The Morgan fingerprint density at radius 2 is 1.80 bits per heavy atom. The van der Waals surface area contributed by atoms with Crippen LogP contribution in [0.4, 0.5) is 9.18 Å². The second-order valence-electron chi connectivity index (χ2n) is 0.226. The monoisotopic (exact) mass is 105 g/mol. The molecule has 0 saturated carbocycles. The van der Waals surface area contributed by atoms with Crippen molar-refractivity contribution < 1.29 is 9.18 Å². The summed E-state index contributed by atoms with van der Waals surface area (Å²) in [5.74, 6) is 0. The van der Waals surface area contributed by atoms with E-state index < -0.39 is 5.50 Å². The fraction of sp³-hybridized carbons (Fsp3) is 0. The Morgan fingerprint density at radius 1 is 1.80 bits per heavy atom. The normalized spacial score (nSPS) is 5.20. The van der Waals surface area contributed by atoms with Crippen LogP contribution in [0, 0.1) is 0 Å². The molecule has 0 aliphatic rings. The molecule has 0 atom stereocenters. The molecule has 0 unspecified atom stereocenters. The largest absolute Gasteiger partial charge is 0.394 e. The minimum Gasteiger partial charge on any atom is -0.241 e. The van der Waals surface area contributed by atoms with Gasteiger partial charge in [0, 0.05) is 29.6 Å². The summed E-state index contributed by atoms with van der Waals surface area (Å²) in [4.78, 5) is 8.54. The molecule has 0 aliphatic heterocycles. The molecule has 0 aromatic heterocycles. The molecule has 0 heterocycles. The van der Waals surface area contributed by atoms with Crippen molar-refractivity contribution >= 4 is 46.7 Å². The van der Waals surface area contributed by atoms with Crippen LogP contribution >= 0.6 is 11.6 Å². The molecule has 0 saturated heterocycles. The first-order chi connectivity index (χ1) is 1.73. The number of rotatable bonds is 0. The van der Waals surface area contributed by atoms with Gasteiger partial charge in [-0.15, -0.1) is 4.39 Å². The maximum Gasteiger partial charge on any atom is 0.394 e. The van der Waals surface area contributed by atoms with Crippen molar-refractivity contribution in [3.8, 4) is 0 Å². The fourth-order valence-corrected chi connectivity index (χ4v) is 0. The summed E-state index contributed by atoms with van der Waals surface area (Å²) in [7, 11) is 0. The van der Waals surface area contributed by atoms with Crippen molar-refractivity contribution in [2.24, 2.45) is 0 Å². The number of halogens is 2. The van der Waals surface area contributed by atoms with Gasteiger partial charge in [0.05, 0.1) is 0 Å². The average molecular weight is 105 g/mol. The van der Waals surface area contributed by atoms with Gasteiger partial charge >= 0.3 is 5.50 Å². The van der Waals surface area contributed by atoms with Crippen molar-refractivity contribution in [1.29, 1.82) is 0 Å². The standard InChI is InChI=1S/CClFO.Na/c2-1(3)4;. The SMILES string of the molecule is O=C(F)Cl.[Na]. The van der Waals surface area contributed by atoms with E-state index in [9.17, 15) is 4.39 Å². The van der Waals surface area contributed by atoms with E-state index >= 15 is 0 Å². The van der Waals surface area contributed by atoms with Crippen molar-refractivity contribution in [1.82, 2.24) is 0 Å². The van der Waals surface area contributed by atoms with Crippen molar-refractivity contribution in [3.63, 3.8) is 0 Å². The van der Waals surface area contributed by atoms with Gasteiger partial charge in [0.1, 0.15) is 0 Å². The van der Waals surface area contributed by atoms with E-state index in [0.29, 0.717) is 0 Å². The molecular weight excluding hydrogens is 105 g/mol. The van der Waals surface area contributed by atoms with Gasteiger partial charge in [0.2, 0.25) is 0 Å². The summed E-state index contributed by atoms with van der Waals surface area (Å²) in [6, 6.07) is 0. The van der Waals surface area contributed by atoms with Gasteiger partial charge in [-0.05, 0) is 11.6 Å². The molecule has 0 amide bonds. The summed E-state index contributed by atoms with van der Waals surface area (Å²) in [6.07, 6.45) is 0. The molecule has 0 spiro atoms. The average Bonchev–Trinajstić information content (AvgIpc) is 0.811. The van der Waals surface area contributed by atoms with Crippen LogP contribution in [-0.2, 0) is 0 Å². The van der Waals surface area contributed by atoms with Crippen LogP contribution in [0.3, 0.4) is 0 Å². The molecule has 5 heavy (non-hydrogen) atoms. The predicted molar refractivity (Wildman–Crippen MR) is 18.1 cm³/mol. The van der Waals surface area contributed by atoms with Gasteiger partial charge in [0.15, 0.2) is 0 Å². The van der Waals surface area contributed by atoms with Gasteiger partial charge in [-0.1, -0.05) is 0 Å². The Hall–Kier alpha value is 0.890. The molecule has 4 heteroatoms. The van der Waals surface area contributed by atoms with E-state index in [-0.39, 0.29) is 29.6 Å². The number of carbonyl (C=O) groups excluding carboxylic acids is 1. The van der Waals surface area contributed by atoms with E-state index in [1.165, 1.54) is 0 Å². The molecular formula is CClFNaO. The first-order valence-electron chi connectivity index (χ1n) is 0.582. The Morgan fingerprint density at radius 3 is 1.80 bits per heavy atom. The first-order valence-corrected chi connectivity index (χ1v) is 0.960. The smallest absolute Gasteiger partial charge is 0.241 e. The van der Waals surface area contributed by atoms with E-state index in [2.05, 4.69) is 11.6 Å². The summed E-state index contributed by atoms with van der Waals surface area (Å²) >= 11 is 3.97. The molecule has 1 nitrogen and oxygen atoms in total. The third kappa shape index (κ3) is 51.6. The van der Waals surface area contributed by atoms with Gasteiger partial charge in [-0.3, -0.25) is 0 Å². The zero-order valence-corrected chi connectivity index (χ0v) is 5.42. The topological polar surface area (TPSA) is 17.1 Å². The van der Waals surface area contributed by atoms with Crippen LogP contribution in [0.5, 0.6) is 0 Å². The van der Waals surface area contributed by atoms with E-state index in [1.807, 2.05) is 0 Å². The maximum absolute atomic E-state index is 10.1. The van der Waals surface area contributed by atoms with Crippen LogP contribution in [0.15, 0.2) is 0 Å². The van der Waals surface area contributed by atoms with Gasteiger partial charge < -0.3 is 0 Å². The summed E-state index contributed by atoms with van der Waals surface area (Å²) < 4.78 is 10.1. The zero-order chi connectivity index (χ0) is 3.58. The van der Waals surface area contributed by atoms with E-state index in [1.54, 1.807) is 0 Å². The molecule has 0 fully saturated rings.